The molecule has 0 spiro atoms. The van der Waals surface area contributed by atoms with Crippen LogP contribution in [0.3, 0.4) is 0 Å². The molecule has 2 aliphatic carbocycles. The van der Waals surface area contributed by atoms with Crippen molar-refractivity contribution in [2.75, 3.05) is 10.6 Å². The van der Waals surface area contributed by atoms with E-state index in [1.807, 2.05) is 0 Å². The number of anilines is 2. The molecule has 2 fully saturated rings. The lowest BCUT2D eigenvalue weighted by Crippen LogP contribution is -2.19. The Bertz CT molecular complexity index is 349. The SMILES string of the molecule is c1nnc(NC2CCCC2)nc1NC1CCCC1. The van der Waals surface area contributed by atoms with Crippen LogP contribution in [0.2, 0.25) is 0 Å². The molecule has 98 valence electrons. The number of hydrogen-bond donors (Lipinski definition) is 2. The average Bonchev–Trinajstić information content (AvgIpc) is 3.03. The molecule has 5 heteroatoms. The molecule has 18 heavy (non-hydrogen) atoms. The first-order valence-corrected chi connectivity index (χ1v) is 7.13. The van der Waals surface area contributed by atoms with Crippen molar-refractivity contribution in [3.05, 3.63) is 6.20 Å². The van der Waals surface area contributed by atoms with E-state index in [1.165, 1.54) is 51.4 Å². The Hall–Kier alpha value is -1.39. The quantitative estimate of drug-likeness (QED) is 0.856. The van der Waals surface area contributed by atoms with Gasteiger partial charge in [-0.1, -0.05) is 25.7 Å². The van der Waals surface area contributed by atoms with Crippen LogP contribution in [0.4, 0.5) is 11.8 Å². The molecule has 1 aromatic heterocycles. The van der Waals surface area contributed by atoms with E-state index >= 15 is 0 Å². The lowest BCUT2D eigenvalue weighted by atomic mass is 10.2. The van der Waals surface area contributed by atoms with E-state index in [0.29, 0.717) is 18.0 Å². The fraction of sp³-hybridized carbons (Fsp3) is 0.769. The fourth-order valence-corrected chi connectivity index (χ4v) is 2.97. The molecule has 1 aromatic rings. The highest BCUT2D eigenvalue weighted by atomic mass is 15.3. The van der Waals surface area contributed by atoms with Gasteiger partial charge in [0, 0.05) is 12.1 Å². The molecule has 2 saturated carbocycles. The predicted octanol–water partition coefficient (Wildman–Crippen LogP) is 2.58. The van der Waals surface area contributed by atoms with Crippen LogP contribution >= 0.6 is 0 Å². The van der Waals surface area contributed by atoms with Crippen molar-refractivity contribution in [1.29, 1.82) is 0 Å². The summed E-state index contributed by atoms with van der Waals surface area (Å²) in [4.78, 5) is 4.50. The lowest BCUT2D eigenvalue weighted by molar-refractivity contribution is 0.729. The highest BCUT2D eigenvalue weighted by molar-refractivity contribution is 5.38. The van der Waals surface area contributed by atoms with Gasteiger partial charge in [-0.25, -0.2) is 0 Å². The summed E-state index contributed by atoms with van der Waals surface area (Å²) in [5.74, 6) is 1.53. The number of nitrogens with zero attached hydrogens (tertiary/aromatic N) is 3. The van der Waals surface area contributed by atoms with Gasteiger partial charge in [0.1, 0.15) is 0 Å². The minimum Gasteiger partial charge on any atom is -0.366 e. The van der Waals surface area contributed by atoms with E-state index in [0.717, 1.165) is 5.82 Å². The van der Waals surface area contributed by atoms with Crippen molar-refractivity contribution in [3.63, 3.8) is 0 Å². The lowest BCUT2D eigenvalue weighted by Gasteiger charge is -2.14. The summed E-state index contributed by atoms with van der Waals surface area (Å²) >= 11 is 0. The summed E-state index contributed by atoms with van der Waals surface area (Å²) in [5, 5.41) is 14.9. The Morgan fingerprint density at radius 2 is 1.50 bits per heavy atom. The zero-order valence-corrected chi connectivity index (χ0v) is 10.7. The zero-order chi connectivity index (χ0) is 12.2. The van der Waals surface area contributed by atoms with Crippen LogP contribution in [0.15, 0.2) is 6.20 Å². The van der Waals surface area contributed by atoms with Gasteiger partial charge in [-0.3, -0.25) is 0 Å². The van der Waals surface area contributed by atoms with Gasteiger partial charge in [-0.15, -0.1) is 5.10 Å². The van der Waals surface area contributed by atoms with Gasteiger partial charge in [0.2, 0.25) is 5.95 Å². The minimum absolute atomic E-state index is 0.536. The standard InChI is InChI=1S/C13H21N5/c1-2-6-10(5-1)15-12-9-14-18-13(17-12)16-11-7-3-4-8-11/h9-11H,1-8H2,(H2,15,16,17,18). The van der Waals surface area contributed by atoms with Crippen LogP contribution in [-0.4, -0.2) is 27.3 Å². The van der Waals surface area contributed by atoms with Crippen molar-refractivity contribution in [1.82, 2.24) is 15.2 Å². The molecule has 3 rings (SSSR count). The van der Waals surface area contributed by atoms with E-state index in [1.54, 1.807) is 6.20 Å². The molecule has 0 aliphatic heterocycles. The van der Waals surface area contributed by atoms with Crippen LogP contribution in [0.5, 0.6) is 0 Å². The van der Waals surface area contributed by atoms with Crippen molar-refractivity contribution < 1.29 is 0 Å². The Labute approximate surface area is 108 Å². The first kappa shape index (κ1) is 11.7. The number of hydrogen-bond acceptors (Lipinski definition) is 5. The van der Waals surface area contributed by atoms with E-state index in [9.17, 15) is 0 Å². The van der Waals surface area contributed by atoms with Crippen LogP contribution < -0.4 is 10.6 Å². The second-order valence-electron chi connectivity index (χ2n) is 5.42. The van der Waals surface area contributed by atoms with Gasteiger partial charge in [-0.2, -0.15) is 10.1 Å². The number of rotatable bonds is 4. The summed E-state index contributed by atoms with van der Waals surface area (Å²) in [7, 11) is 0. The van der Waals surface area contributed by atoms with E-state index < -0.39 is 0 Å². The highest BCUT2D eigenvalue weighted by Crippen LogP contribution is 2.23. The van der Waals surface area contributed by atoms with Crippen LogP contribution in [-0.2, 0) is 0 Å². The van der Waals surface area contributed by atoms with Gasteiger partial charge in [0.05, 0.1) is 6.20 Å². The molecule has 0 radical (unpaired) electrons. The van der Waals surface area contributed by atoms with E-state index in [4.69, 9.17) is 0 Å². The molecule has 0 unspecified atom stereocenters. The molecular weight excluding hydrogens is 226 g/mol. The van der Waals surface area contributed by atoms with Crippen molar-refractivity contribution in [2.24, 2.45) is 0 Å². The van der Waals surface area contributed by atoms with Crippen LogP contribution in [0.25, 0.3) is 0 Å². The van der Waals surface area contributed by atoms with E-state index in [-0.39, 0.29) is 0 Å². The Balaban J connectivity index is 1.60. The minimum atomic E-state index is 0.536. The summed E-state index contributed by atoms with van der Waals surface area (Å²) in [6.07, 6.45) is 11.9. The van der Waals surface area contributed by atoms with Crippen LogP contribution in [0.1, 0.15) is 51.4 Å². The number of aromatic nitrogens is 3. The molecular formula is C13H21N5. The summed E-state index contributed by atoms with van der Waals surface area (Å²) in [5.41, 5.74) is 0. The van der Waals surface area contributed by atoms with E-state index in [2.05, 4.69) is 25.8 Å². The van der Waals surface area contributed by atoms with Gasteiger partial charge in [0.15, 0.2) is 5.82 Å². The molecule has 0 saturated heterocycles. The zero-order valence-electron chi connectivity index (χ0n) is 10.7. The molecule has 0 bridgehead atoms. The molecule has 2 aliphatic rings. The van der Waals surface area contributed by atoms with Crippen molar-refractivity contribution in [3.8, 4) is 0 Å². The maximum absolute atomic E-state index is 4.50. The van der Waals surface area contributed by atoms with Gasteiger partial charge in [0.25, 0.3) is 0 Å². The summed E-state index contributed by atoms with van der Waals surface area (Å²) in [6.45, 7) is 0. The summed E-state index contributed by atoms with van der Waals surface area (Å²) < 4.78 is 0. The number of nitrogens with one attached hydrogen (secondary N) is 2. The Morgan fingerprint density at radius 3 is 2.17 bits per heavy atom. The van der Waals surface area contributed by atoms with Crippen molar-refractivity contribution >= 4 is 11.8 Å². The maximum atomic E-state index is 4.50. The highest BCUT2D eigenvalue weighted by Gasteiger charge is 2.17. The fourth-order valence-electron chi connectivity index (χ4n) is 2.97. The second kappa shape index (κ2) is 5.50. The normalized spacial score (nSPS) is 21.3. The Kier molecular flexibility index (Phi) is 3.57. The molecule has 0 amide bonds. The Morgan fingerprint density at radius 1 is 0.889 bits per heavy atom. The first-order chi connectivity index (χ1) is 8.90. The average molecular weight is 247 g/mol. The van der Waals surface area contributed by atoms with Crippen LogP contribution in [0, 0.1) is 0 Å². The predicted molar refractivity (Wildman–Crippen MR) is 71.6 cm³/mol. The maximum Gasteiger partial charge on any atom is 0.244 e. The molecule has 2 N–H and O–H groups in total. The largest absolute Gasteiger partial charge is 0.366 e. The monoisotopic (exact) mass is 247 g/mol. The smallest absolute Gasteiger partial charge is 0.244 e. The molecule has 0 atom stereocenters. The third-order valence-electron chi connectivity index (χ3n) is 3.95. The van der Waals surface area contributed by atoms with Gasteiger partial charge in [-0.05, 0) is 25.7 Å². The third kappa shape index (κ3) is 2.89. The molecule has 5 nitrogen and oxygen atoms in total. The molecule has 0 aromatic carbocycles. The molecule has 1 heterocycles. The van der Waals surface area contributed by atoms with Gasteiger partial charge < -0.3 is 10.6 Å². The van der Waals surface area contributed by atoms with Crippen molar-refractivity contribution in [2.45, 2.75) is 63.5 Å². The topological polar surface area (TPSA) is 62.7 Å². The summed E-state index contributed by atoms with van der Waals surface area (Å²) in [6, 6.07) is 1.11. The third-order valence-corrected chi connectivity index (χ3v) is 3.95. The van der Waals surface area contributed by atoms with Gasteiger partial charge >= 0.3 is 0 Å². The first-order valence-electron chi connectivity index (χ1n) is 7.13. The second-order valence-corrected chi connectivity index (χ2v) is 5.42.